The van der Waals surface area contributed by atoms with Gasteiger partial charge in [0.2, 0.25) is 5.91 Å². The quantitative estimate of drug-likeness (QED) is 0.700. The molecule has 0 bridgehead atoms. The summed E-state index contributed by atoms with van der Waals surface area (Å²) in [5.74, 6) is 0.507. The molecule has 27 heavy (non-hydrogen) atoms. The van der Waals surface area contributed by atoms with Crippen LogP contribution in [0, 0.1) is 0 Å². The topological polar surface area (TPSA) is 73.2 Å². The third-order valence-corrected chi connectivity index (χ3v) is 3.95. The third-order valence-electron chi connectivity index (χ3n) is 3.95. The van der Waals surface area contributed by atoms with Crippen molar-refractivity contribution in [2.45, 2.75) is 20.0 Å². The number of amides is 1. The Labute approximate surface area is 157 Å². The molecule has 0 radical (unpaired) electrons. The van der Waals surface area contributed by atoms with Crippen molar-refractivity contribution in [3.8, 4) is 17.0 Å². The summed E-state index contributed by atoms with van der Waals surface area (Å²) in [5, 5.41) is 7.12. The zero-order chi connectivity index (χ0) is 19.1. The Bertz CT molecular complexity index is 950. The second-order valence-corrected chi connectivity index (χ2v) is 5.93. The van der Waals surface area contributed by atoms with Gasteiger partial charge in [-0.05, 0) is 42.8 Å². The fraction of sp³-hybridized carbons (Fsp3) is 0.190. The Morgan fingerprint density at radius 2 is 1.78 bits per heavy atom. The van der Waals surface area contributed by atoms with Gasteiger partial charge in [-0.3, -0.25) is 9.59 Å². The molecule has 0 aliphatic rings. The van der Waals surface area contributed by atoms with Crippen LogP contribution in [-0.4, -0.2) is 22.3 Å². The number of nitrogens with one attached hydrogen (secondary N) is 1. The number of nitrogens with zero attached hydrogens (tertiary/aromatic N) is 2. The summed E-state index contributed by atoms with van der Waals surface area (Å²) >= 11 is 0. The van der Waals surface area contributed by atoms with Crippen LogP contribution < -0.4 is 15.6 Å². The molecule has 0 fully saturated rings. The van der Waals surface area contributed by atoms with Gasteiger partial charge in [0.1, 0.15) is 12.3 Å². The van der Waals surface area contributed by atoms with Crippen LogP contribution in [0.25, 0.3) is 11.3 Å². The van der Waals surface area contributed by atoms with E-state index < -0.39 is 0 Å². The van der Waals surface area contributed by atoms with Crippen LogP contribution >= 0.6 is 0 Å². The molecule has 0 spiro atoms. The van der Waals surface area contributed by atoms with Gasteiger partial charge in [0, 0.05) is 18.2 Å². The molecule has 6 heteroatoms. The Kier molecular flexibility index (Phi) is 5.99. The lowest BCUT2D eigenvalue weighted by Crippen LogP contribution is -2.33. The average Bonchev–Trinajstić information content (AvgIpc) is 2.70. The monoisotopic (exact) mass is 363 g/mol. The van der Waals surface area contributed by atoms with Gasteiger partial charge in [-0.2, -0.15) is 5.10 Å². The lowest BCUT2D eigenvalue weighted by molar-refractivity contribution is -0.122. The van der Waals surface area contributed by atoms with Gasteiger partial charge in [-0.25, -0.2) is 4.68 Å². The Hall–Kier alpha value is -3.41. The molecule has 0 unspecified atom stereocenters. The maximum atomic E-state index is 12.2. The number of rotatable bonds is 7. The highest BCUT2D eigenvalue weighted by molar-refractivity contribution is 5.75. The molecule has 0 saturated heterocycles. The van der Waals surface area contributed by atoms with E-state index in [-0.39, 0.29) is 18.0 Å². The highest BCUT2D eigenvalue weighted by atomic mass is 16.5. The van der Waals surface area contributed by atoms with Gasteiger partial charge in [-0.15, -0.1) is 0 Å². The molecule has 6 nitrogen and oxygen atoms in total. The number of benzene rings is 2. The fourth-order valence-electron chi connectivity index (χ4n) is 2.59. The van der Waals surface area contributed by atoms with Crippen molar-refractivity contribution in [1.82, 2.24) is 15.1 Å². The van der Waals surface area contributed by atoms with Crippen LogP contribution in [0.5, 0.6) is 5.75 Å². The summed E-state index contributed by atoms with van der Waals surface area (Å²) in [6.45, 7) is 2.80. The summed E-state index contributed by atoms with van der Waals surface area (Å²) in [4.78, 5) is 24.2. The molecule has 138 valence electrons. The van der Waals surface area contributed by atoms with Crippen molar-refractivity contribution in [3.05, 3.63) is 82.6 Å². The van der Waals surface area contributed by atoms with Gasteiger partial charge >= 0.3 is 0 Å². The van der Waals surface area contributed by atoms with Crippen LogP contribution in [0.2, 0.25) is 0 Å². The predicted molar refractivity (Wildman–Crippen MR) is 103 cm³/mol. The van der Waals surface area contributed by atoms with Crippen molar-refractivity contribution < 1.29 is 9.53 Å². The maximum Gasteiger partial charge on any atom is 0.267 e. The van der Waals surface area contributed by atoms with E-state index in [9.17, 15) is 9.59 Å². The minimum Gasteiger partial charge on any atom is -0.494 e. The summed E-state index contributed by atoms with van der Waals surface area (Å²) in [5.41, 5.74) is 2.14. The van der Waals surface area contributed by atoms with Gasteiger partial charge in [-0.1, -0.05) is 30.3 Å². The molecule has 0 aliphatic heterocycles. The Balaban J connectivity index is 1.69. The van der Waals surface area contributed by atoms with Crippen molar-refractivity contribution in [3.63, 3.8) is 0 Å². The lowest BCUT2D eigenvalue weighted by Gasteiger charge is -2.09. The molecule has 1 amide bonds. The largest absolute Gasteiger partial charge is 0.494 e. The van der Waals surface area contributed by atoms with Crippen molar-refractivity contribution in [2.75, 3.05) is 6.61 Å². The van der Waals surface area contributed by atoms with Crippen LogP contribution in [-0.2, 0) is 17.9 Å². The molecule has 0 atom stereocenters. The molecule has 1 aromatic heterocycles. The predicted octanol–water partition coefficient (Wildman–Crippen LogP) is 2.63. The standard InChI is InChI=1S/C21H21N3O3/c1-2-27-18-10-8-17(9-11-18)19-12-13-21(26)24(23-19)15-20(25)22-14-16-6-4-3-5-7-16/h3-13H,2,14-15H2,1H3,(H,22,25). The molecular formula is C21H21N3O3. The van der Waals surface area contributed by atoms with Gasteiger partial charge in [0.05, 0.1) is 12.3 Å². The SMILES string of the molecule is CCOc1ccc(-c2ccc(=O)n(CC(=O)NCc3ccccc3)n2)cc1. The second-order valence-electron chi connectivity index (χ2n) is 5.93. The highest BCUT2D eigenvalue weighted by Gasteiger charge is 2.08. The van der Waals surface area contributed by atoms with E-state index in [1.165, 1.54) is 10.7 Å². The fourth-order valence-corrected chi connectivity index (χ4v) is 2.59. The molecule has 1 heterocycles. The van der Waals surface area contributed by atoms with Crippen molar-refractivity contribution >= 4 is 5.91 Å². The molecule has 0 saturated carbocycles. The number of hydrogen-bond acceptors (Lipinski definition) is 4. The first-order chi connectivity index (χ1) is 13.2. The molecule has 3 rings (SSSR count). The summed E-state index contributed by atoms with van der Waals surface area (Å²) in [6.07, 6.45) is 0. The molecular weight excluding hydrogens is 342 g/mol. The number of carbonyl (C=O) groups excluding carboxylic acids is 1. The van der Waals surface area contributed by atoms with E-state index in [1.807, 2.05) is 61.5 Å². The van der Waals surface area contributed by atoms with Crippen molar-refractivity contribution in [2.24, 2.45) is 0 Å². The first-order valence-corrected chi connectivity index (χ1v) is 8.77. The lowest BCUT2D eigenvalue weighted by atomic mass is 10.1. The third kappa shape index (κ3) is 5.04. The van der Waals surface area contributed by atoms with Crippen molar-refractivity contribution in [1.29, 1.82) is 0 Å². The van der Waals surface area contributed by atoms with E-state index in [1.54, 1.807) is 6.07 Å². The first kappa shape index (κ1) is 18.4. The zero-order valence-corrected chi connectivity index (χ0v) is 15.1. The summed E-state index contributed by atoms with van der Waals surface area (Å²) in [7, 11) is 0. The van der Waals surface area contributed by atoms with E-state index >= 15 is 0 Å². The molecule has 3 aromatic rings. The Morgan fingerprint density at radius 1 is 1.04 bits per heavy atom. The van der Waals surface area contributed by atoms with E-state index in [2.05, 4.69) is 10.4 Å². The van der Waals surface area contributed by atoms with Crippen LogP contribution in [0.15, 0.2) is 71.5 Å². The van der Waals surface area contributed by atoms with Crippen LogP contribution in [0.3, 0.4) is 0 Å². The van der Waals surface area contributed by atoms with Gasteiger partial charge < -0.3 is 10.1 Å². The zero-order valence-electron chi connectivity index (χ0n) is 15.1. The van der Waals surface area contributed by atoms with Crippen LogP contribution in [0.4, 0.5) is 0 Å². The summed E-state index contributed by atoms with van der Waals surface area (Å²) in [6, 6.07) is 20.1. The summed E-state index contributed by atoms with van der Waals surface area (Å²) < 4.78 is 6.60. The molecule has 0 aliphatic carbocycles. The first-order valence-electron chi connectivity index (χ1n) is 8.77. The number of aromatic nitrogens is 2. The maximum absolute atomic E-state index is 12.2. The number of hydrogen-bond donors (Lipinski definition) is 1. The van der Waals surface area contributed by atoms with Crippen LogP contribution in [0.1, 0.15) is 12.5 Å². The van der Waals surface area contributed by atoms with Gasteiger partial charge in [0.15, 0.2) is 0 Å². The van der Waals surface area contributed by atoms with E-state index in [0.717, 1.165) is 16.9 Å². The highest BCUT2D eigenvalue weighted by Crippen LogP contribution is 2.19. The van der Waals surface area contributed by atoms with Gasteiger partial charge in [0.25, 0.3) is 5.56 Å². The number of ether oxygens (including phenoxy) is 1. The average molecular weight is 363 g/mol. The normalized spacial score (nSPS) is 10.4. The van der Waals surface area contributed by atoms with E-state index in [0.29, 0.717) is 18.8 Å². The smallest absolute Gasteiger partial charge is 0.267 e. The molecule has 2 aromatic carbocycles. The van der Waals surface area contributed by atoms with E-state index in [4.69, 9.17) is 4.74 Å². The Morgan fingerprint density at radius 3 is 2.48 bits per heavy atom. The minimum atomic E-state index is -0.320. The second kappa shape index (κ2) is 8.80. The molecule has 1 N–H and O–H groups in total. The minimum absolute atomic E-state index is 0.128. The number of carbonyl (C=O) groups is 1.